The number of hydrogen-bond donors (Lipinski definition) is 4. The van der Waals surface area contributed by atoms with Gasteiger partial charge in [-0.25, -0.2) is 0 Å². The number of nitrogens with one attached hydrogen (secondary N) is 1. The second-order valence-corrected chi connectivity index (χ2v) is 4.95. The first-order chi connectivity index (χ1) is 6.97. The Morgan fingerprint density at radius 2 is 1.75 bits per heavy atom. The molecule has 0 aromatic carbocycles. The first-order valence-electron chi connectivity index (χ1n) is 5.05. The number of hydrogen-bond acceptors (Lipinski definition) is 4. The van der Waals surface area contributed by atoms with E-state index in [4.69, 9.17) is 11.5 Å². The van der Waals surface area contributed by atoms with E-state index >= 15 is 0 Å². The monoisotopic (exact) mass is 231 g/mol. The van der Waals surface area contributed by atoms with Crippen molar-refractivity contribution in [3.8, 4) is 0 Å². The Labute approximate surface area is 95.4 Å². The Bertz CT molecular complexity index is 282. The lowest BCUT2D eigenvalue weighted by Gasteiger charge is -2.38. The molecule has 6 N–H and O–H groups in total. The van der Waals surface area contributed by atoms with E-state index in [2.05, 4.69) is 5.32 Å². The lowest BCUT2D eigenvalue weighted by molar-refractivity contribution is -0.130. The summed E-state index contributed by atoms with van der Waals surface area (Å²) in [4.78, 5) is 22.2. The predicted molar refractivity (Wildman–Crippen MR) is 60.3 cm³/mol. The lowest BCUT2D eigenvalue weighted by Crippen LogP contribution is -2.60. The Morgan fingerprint density at radius 3 is 2.06 bits per heavy atom. The van der Waals surface area contributed by atoms with E-state index in [0.717, 1.165) is 0 Å². The number of rotatable bonds is 5. The number of nitrogens with two attached hydrogens (primary N) is 2. The fourth-order valence-corrected chi connectivity index (χ4v) is 0.863. The minimum Gasteiger partial charge on any atom is -0.388 e. The van der Waals surface area contributed by atoms with E-state index < -0.39 is 29.0 Å². The molecule has 2 amide bonds. The number of aliphatic hydroxyl groups is 1. The van der Waals surface area contributed by atoms with E-state index in [1.807, 2.05) is 0 Å². The summed E-state index contributed by atoms with van der Waals surface area (Å²) in [6.07, 6.45) is -0.215. The first kappa shape index (κ1) is 14.9. The fourth-order valence-electron chi connectivity index (χ4n) is 0.863. The van der Waals surface area contributed by atoms with Crippen molar-refractivity contribution >= 4 is 11.8 Å². The highest BCUT2D eigenvalue weighted by atomic mass is 16.3. The zero-order valence-electron chi connectivity index (χ0n) is 10.2. The molecule has 0 aromatic rings. The molecule has 94 valence electrons. The van der Waals surface area contributed by atoms with Crippen LogP contribution in [0.2, 0.25) is 0 Å². The van der Waals surface area contributed by atoms with Gasteiger partial charge >= 0.3 is 0 Å². The highest BCUT2D eigenvalue weighted by molar-refractivity contribution is 5.87. The van der Waals surface area contributed by atoms with Crippen LogP contribution in [0.5, 0.6) is 0 Å². The molecule has 0 aliphatic carbocycles. The highest BCUT2D eigenvalue weighted by Crippen LogP contribution is 2.20. The summed E-state index contributed by atoms with van der Waals surface area (Å²) in [6, 6.07) is -0.987. The van der Waals surface area contributed by atoms with Gasteiger partial charge in [-0.05, 0) is 27.7 Å². The third-order valence-electron chi connectivity index (χ3n) is 2.72. The van der Waals surface area contributed by atoms with Crippen LogP contribution in [-0.4, -0.2) is 34.1 Å². The third-order valence-corrected chi connectivity index (χ3v) is 2.72. The maximum atomic E-state index is 11.6. The molecule has 0 aliphatic heterocycles. The molecule has 1 unspecified atom stereocenters. The smallest absolute Gasteiger partial charge is 0.237 e. The number of carbonyl (C=O) groups is 2. The second kappa shape index (κ2) is 4.80. The minimum absolute atomic E-state index is 0.215. The predicted octanol–water partition coefficient (Wildman–Crippen LogP) is -1.15. The van der Waals surface area contributed by atoms with Crippen molar-refractivity contribution in [1.82, 2.24) is 5.32 Å². The topological polar surface area (TPSA) is 118 Å². The zero-order chi connectivity index (χ0) is 13.1. The highest BCUT2D eigenvalue weighted by Gasteiger charge is 2.37. The van der Waals surface area contributed by atoms with Gasteiger partial charge in [0.15, 0.2) is 0 Å². The van der Waals surface area contributed by atoms with Crippen molar-refractivity contribution in [2.45, 2.75) is 51.3 Å². The van der Waals surface area contributed by atoms with E-state index in [1.54, 1.807) is 27.7 Å². The molecule has 0 saturated heterocycles. The van der Waals surface area contributed by atoms with E-state index in [9.17, 15) is 14.7 Å². The van der Waals surface area contributed by atoms with Gasteiger partial charge in [0, 0.05) is 0 Å². The van der Waals surface area contributed by atoms with Gasteiger partial charge in [-0.2, -0.15) is 0 Å². The van der Waals surface area contributed by atoms with Gasteiger partial charge in [-0.1, -0.05) is 0 Å². The Balaban J connectivity index is 4.51. The zero-order valence-corrected chi connectivity index (χ0v) is 10.2. The molecule has 6 nitrogen and oxygen atoms in total. The molecule has 16 heavy (non-hydrogen) atoms. The van der Waals surface area contributed by atoms with Crippen LogP contribution in [0.25, 0.3) is 0 Å². The quantitative estimate of drug-likeness (QED) is 0.478. The SMILES string of the molecule is CC(C)(O)C(C)(C)NC(=O)C(N)CC(N)=O. The van der Waals surface area contributed by atoms with Crippen molar-refractivity contribution in [3.05, 3.63) is 0 Å². The van der Waals surface area contributed by atoms with Gasteiger partial charge in [0.2, 0.25) is 11.8 Å². The fraction of sp³-hybridized carbons (Fsp3) is 0.800. The maximum absolute atomic E-state index is 11.6. The van der Waals surface area contributed by atoms with Gasteiger partial charge in [0.1, 0.15) is 0 Å². The Morgan fingerprint density at radius 1 is 1.31 bits per heavy atom. The van der Waals surface area contributed by atoms with Crippen molar-refractivity contribution in [1.29, 1.82) is 0 Å². The molecule has 0 aromatic heterocycles. The van der Waals surface area contributed by atoms with Crippen LogP contribution in [0.3, 0.4) is 0 Å². The van der Waals surface area contributed by atoms with Crippen LogP contribution in [0, 0.1) is 0 Å². The normalized spacial score (nSPS) is 14.4. The Kier molecular flexibility index (Phi) is 4.45. The second-order valence-electron chi connectivity index (χ2n) is 4.95. The molecule has 0 aliphatic rings. The van der Waals surface area contributed by atoms with E-state index in [1.165, 1.54) is 0 Å². The molecule has 0 bridgehead atoms. The van der Waals surface area contributed by atoms with Crippen LogP contribution in [-0.2, 0) is 9.59 Å². The molecule has 6 heteroatoms. The summed E-state index contributed by atoms with van der Waals surface area (Å²) in [5.74, 6) is -1.14. The number of primary amides is 1. The van der Waals surface area contributed by atoms with Crippen LogP contribution in [0.1, 0.15) is 34.1 Å². The third kappa shape index (κ3) is 4.16. The maximum Gasteiger partial charge on any atom is 0.237 e. The van der Waals surface area contributed by atoms with Gasteiger partial charge < -0.3 is 21.9 Å². The molecular formula is C10H21N3O3. The van der Waals surface area contributed by atoms with Crippen molar-refractivity contribution in [2.75, 3.05) is 0 Å². The lowest BCUT2D eigenvalue weighted by atomic mass is 9.85. The summed E-state index contributed by atoms with van der Waals surface area (Å²) in [6.45, 7) is 6.49. The summed E-state index contributed by atoms with van der Waals surface area (Å²) in [7, 11) is 0. The molecule has 0 spiro atoms. The van der Waals surface area contributed by atoms with Crippen molar-refractivity contribution < 1.29 is 14.7 Å². The van der Waals surface area contributed by atoms with Gasteiger partial charge in [-0.3, -0.25) is 9.59 Å². The minimum atomic E-state index is -1.10. The van der Waals surface area contributed by atoms with Gasteiger partial charge in [0.25, 0.3) is 0 Å². The van der Waals surface area contributed by atoms with Crippen LogP contribution < -0.4 is 16.8 Å². The molecule has 0 saturated carbocycles. The largest absolute Gasteiger partial charge is 0.388 e. The molecule has 0 fully saturated rings. The molecule has 1 atom stereocenters. The summed E-state index contributed by atoms with van der Waals surface area (Å²) < 4.78 is 0. The van der Waals surface area contributed by atoms with Crippen LogP contribution >= 0.6 is 0 Å². The van der Waals surface area contributed by atoms with Crippen LogP contribution in [0.15, 0.2) is 0 Å². The molecule has 0 radical (unpaired) electrons. The number of amides is 2. The number of carbonyl (C=O) groups excluding carboxylic acids is 2. The molecule has 0 rings (SSSR count). The summed E-state index contributed by atoms with van der Waals surface area (Å²) in [5, 5.41) is 12.4. The Hall–Kier alpha value is -1.14. The van der Waals surface area contributed by atoms with Crippen molar-refractivity contribution in [3.63, 3.8) is 0 Å². The van der Waals surface area contributed by atoms with Crippen molar-refractivity contribution in [2.24, 2.45) is 11.5 Å². The summed E-state index contributed by atoms with van der Waals surface area (Å²) in [5.41, 5.74) is 8.46. The standard InChI is InChI=1S/C10H21N3O3/c1-9(2,10(3,4)16)13-8(15)6(11)5-7(12)14/h6,16H,5,11H2,1-4H3,(H2,12,14)(H,13,15). The molecular weight excluding hydrogens is 210 g/mol. The van der Waals surface area contributed by atoms with Gasteiger partial charge in [-0.15, -0.1) is 0 Å². The van der Waals surface area contributed by atoms with Crippen LogP contribution in [0.4, 0.5) is 0 Å². The summed E-state index contributed by atoms with van der Waals surface area (Å²) >= 11 is 0. The van der Waals surface area contributed by atoms with E-state index in [0.29, 0.717) is 0 Å². The first-order valence-corrected chi connectivity index (χ1v) is 5.05. The van der Waals surface area contributed by atoms with Gasteiger partial charge in [0.05, 0.1) is 23.6 Å². The average molecular weight is 231 g/mol. The average Bonchev–Trinajstić information content (AvgIpc) is 1.99. The van der Waals surface area contributed by atoms with E-state index in [-0.39, 0.29) is 6.42 Å². The molecule has 0 heterocycles.